The van der Waals surface area contributed by atoms with Crippen molar-refractivity contribution >= 4 is 29.2 Å². The molecule has 13 heteroatoms. The molecule has 0 fully saturated rings. The predicted octanol–water partition coefficient (Wildman–Crippen LogP) is 4.70. The monoisotopic (exact) mass is 436 g/mol. The summed E-state index contributed by atoms with van der Waals surface area (Å²) in [4.78, 5) is 16.4. The fourth-order valence-electron chi connectivity index (χ4n) is 1.47. The van der Waals surface area contributed by atoms with Gasteiger partial charge < -0.3 is 10.2 Å². The number of carbonyl (C=O) groups is 1. The highest BCUT2D eigenvalue weighted by Gasteiger charge is 2.33. The number of halogens is 8. The van der Waals surface area contributed by atoms with Gasteiger partial charge in [-0.25, -0.2) is 4.79 Å². The van der Waals surface area contributed by atoms with Crippen LogP contribution < -0.4 is 0 Å². The summed E-state index contributed by atoms with van der Waals surface area (Å²) < 4.78 is 72.2. The molecule has 2 aromatic rings. The molecular formula is C14H8Cl2F6N2O3. The summed E-state index contributed by atoms with van der Waals surface area (Å²) >= 11 is 10.7. The largest absolute Gasteiger partial charge is 0.478 e. The number of nitrogens with zero attached hydrogens (tertiary/aromatic N) is 2. The van der Waals surface area contributed by atoms with E-state index < -0.39 is 46.9 Å². The van der Waals surface area contributed by atoms with Crippen LogP contribution in [-0.4, -0.2) is 26.2 Å². The summed E-state index contributed by atoms with van der Waals surface area (Å²) in [5.41, 5.74) is -2.56. The first-order valence-electron chi connectivity index (χ1n) is 6.56. The molecule has 0 aliphatic heterocycles. The standard InChI is InChI=1S/C7H3ClF3NO2.C7H5ClF3NO/c8-4-1-5(7(9,10)11)12-2-3(4)6(13)14;8-5-1-6(7(9,10)11)12-2-4(5)3-13/h1-2H,(H,13,14);1-2,13H,3H2. The minimum absolute atomic E-state index is 0.134. The molecule has 2 heterocycles. The van der Waals surface area contributed by atoms with E-state index in [-0.39, 0.29) is 10.6 Å². The number of hydrogen-bond donors (Lipinski definition) is 2. The molecule has 27 heavy (non-hydrogen) atoms. The fraction of sp³-hybridized carbons (Fsp3) is 0.214. The number of hydrogen-bond acceptors (Lipinski definition) is 4. The van der Waals surface area contributed by atoms with E-state index in [1.807, 2.05) is 0 Å². The van der Waals surface area contributed by atoms with Crippen LogP contribution in [0.2, 0.25) is 10.0 Å². The highest BCUT2D eigenvalue weighted by atomic mass is 35.5. The average Bonchev–Trinajstić information content (AvgIpc) is 2.53. The highest BCUT2D eigenvalue weighted by molar-refractivity contribution is 6.33. The van der Waals surface area contributed by atoms with Crippen molar-refractivity contribution in [2.45, 2.75) is 19.0 Å². The lowest BCUT2D eigenvalue weighted by atomic mass is 10.2. The van der Waals surface area contributed by atoms with E-state index in [0.29, 0.717) is 18.3 Å². The van der Waals surface area contributed by atoms with Gasteiger partial charge in [0.15, 0.2) is 0 Å². The van der Waals surface area contributed by atoms with Crippen molar-refractivity contribution in [2.75, 3.05) is 0 Å². The van der Waals surface area contributed by atoms with E-state index in [1.165, 1.54) is 0 Å². The number of pyridine rings is 2. The lowest BCUT2D eigenvalue weighted by Gasteiger charge is -2.06. The second kappa shape index (κ2) is 8.72. The number of aromatic carboxylic acids is 1. The number of rotatable bonds is 2. The number of aliphatic hydroxyl groups is 1. The van der Waals surface area contributed by atoms with Gasteiger partial charge in [-0.15, -0.1) is 0 Å². The minimum Gasteiger partial charge on any atom is -0.478 e. The predicted molar refractivity (Wildman–Crippen MR) is 81.4 cm³/mol. The maximum atomic E-state index is 12.0. The molecule has 0 saturated carbocycles. The molecule has 0 amide bonds. The van der Waals surface area contributed by atoms with Crippen LogP contribution >= 0.6 is 23.2 Å². The van der Waals surface area contributed by atoms with Gasteiger partial charge in [-0.2, -0.15) is 26.3 Å². The summed E-state index contributed by atoms with van der Waals surface area (Å²) in [5, 5.41) is 16.4. The summed E-state index contributed by atoms with van der Waals surface area (Å²) in [6.45, 7) is -0.427. The molecule has 148 valence electrons. The zero-order valence-electron chi connectivity index (χ0n) is 12.7. The van der Waals surface area contributed by atoms with Gasteiger partial charge in [-0.05, 0) is 12.1 Å². The molecule has 2 rings (SSSR count). The topological polar surface area (TPSA) is 83.3 Å². The molecule has 0 saturated heterocycles. The van der Waals surface area contributed by atoms with Crippen LogP contribution in [0, 0.1) is 0 Å². The summed E-state index contributed by atoms with van der Waals surface area (Å²) in [7, 11) is 0. The smallest absolute Gasteiger partial charge is 0.433 e. The summed E-state index contributed by atoms with van der Waals surface area (Å²) in [6, 6.07) is 1.16. The van der Waals surface area contributed by atoms with Crippen molar-refractivity contribution in [3.05, 3.63) is 57.1 Å². The van der Waals surface area contributed by atoms with Gasteiger partial charge in [-0.3, -0.25) is 9.97 Å². The molecule has 2 N–H and O–H groups in total. The quantitative estimate of drug-likeness (QED) is 0.666. The van der Waals surface area contributed by atoms with E-state index in [1.54, 1.807) is 0 Å². The average molecular weight is 437 g/mol. The molecule has 0 spiro atoms. The number of aromatic nitrogens is 2. The van der Waals surface area contributed by atoms with Crippen molar-refractivity contribution in [3.8, 4) is 0 Å². The Kier molecular flexibility index (Phi) is 7.40. The van der Waals surface area contributed by atoms with Crippen molar-refractivity contribution < 1.29 is 41.4 Å². The SMILES string of the molecule is O=C(O)c1cnc(C(F)(F)F)cc1Cl.OCc1cnc(C(F)(F)F)cc1Cl. The maximum Gasteiger partial charge on any atom is 0.433 e. The molecule has 5 nitrogen and oxygen atoms in total. The maximum absolute atomic E-state index is 12.0. The molecule has 0 aliphatic carbocycles. The number of carboxylic acids is 1. The second-order valence-corrected chi connectivity index (χ2v) is 5.48. The van der Waals surface area contributed by atoms with Gasteiger partial charge in [0.05, 0.1) is 17.2 Å². The first kappa shape index (κ1) is 22.9. The summed E-state index contributed by atoms with van der Waals surface area (Å²) in [6.07, 6.45) is -7.64. The van der Waals surface area contributed by atoms with Crippen LogP contribution in [0.25, 0.3) is 0 Å². The highest BCUT2D eigenvalue weighted by Crippen LogP contribution is 2.31. The van der Waals surface area contributed by atoms with Crippen LogP contribution in [0.1, 0.15) is 27.3 Å². The molecule has 2 aromatic heterocycles. The van der Waals surface area contributed by atoms with Crippen LogP contribution in [0.5, 0.6) is 0 Å². The van der Waals surface area contributed by atoms with Crippen LogP contribution in [-0.2, 0) is 19.0 Å². The Balaban J connectivity index is 0.000000271. The summed E-state index contributed by atoms with van der Waals surface area (Å²) in [5.74, 6) is -1.42. The van der Waals surface area contributed by atoms with Gasteiger partial charge in [0, 0.05) is 23.0 Å². The van der Waals surface area contributed by atoms with E-state index in [2.05, 4.69) is 9.97 Å². The third-order valence-electron chi connectivity index (χ3n) is 2.76. The first-order chi connectivity index (χ1) is 12.3. The third-order valence-corrected chi connectivity index (χ3v) is 3.43. The molecule has 0 aromatic carbocycles. The number of alkyl halides is 6. The van der Waals surface area contributed by atoms with Crippen molar-refractivity contribution in [2.24, 2.45) is 0 Å². The van der Waals surface area contributed by atoms with Gasteiger partial charge in [0.25, 0.3) is 0 Å². The Bertz CT molecular complexity index is 827. The van der Waals surface area contributed by atoms with Crippen LogP contribution in [0.4, 0.5) is 26.3 Å². The van der Waals surface area contributed by atoms with E-state index in [9.17, 15) is 31.1 Å². The van der Waals surface area contributed by atoms with E-state index in [4.69, 9.17) is 33.4 Å². The van der Waals surface area contributed by atoms with Gasteiger partial charge in [0.2, 0.25) is 0 Å². The molecule has 0 aliphatic rings. The Hall–Kier alpha value is -2.11. The molecular weight excluding hydrogens is 429 g/mol. The van der Waals surface area contributed by atoms with E-state index >= 15 is 0 Å². The Morgan fingerprint density at radius 3 is 1.70 bits per heavy atom. The van der Waals surface area contributed by atoms with E-state index in [0.717, 1.165) is 6.20 Å². The molecule has 0 radical (unpaired) electrons. The lowest BCUT2D eigenvalue weighted by molar-refractivity contribution is -0.142. The zero-order valence-corrected chi connectivity index (χ0v) is 14.2. The van der Waals surface area contributed by atoms with Gasteiger partial charge in [-0.1, -0.05) is 23.2 Å². The van der Waals surface area contributed by atoms with Crippen molar-refractivity contribution in [1.82, 2.24) is 9.97 Å². The first-order valence-corrected chi connectivity index (χ1v) is 7.31. The molecule has 0 unspecified atom stereocenters. The van der Waals surface area contributed by atoms with Crippen LogP contribution in [0.15, 0.2) is 24.5 Å². The number of carboxylic acid groups (broad SMARTS) is 1. The number of aliphatic hydroxyl groups excluding tert-OH is 1. The van der Waals surface area contributed by atoms with Crippen LogP contribution in [0.3, 0.4) is 0 Å². The minimum atomic E-state index is -4.62. The zero-order chi connectivity index (χ0) is 21.0. The Morgan fingerprint density at radius 2 is 1.37 bits per heavy atom. The van der Waals surface area contributed by atoms with Gasteiger partial charge >= 0.3 is 18.3 Å². The van der Waals surface area contributed by atoms with Crippen molar-refractivity contribution in [3.63, 3.8) is 0 Å². The van der Waals surface area contributed by atoms with Gasteiger partial charge in [0.1, 0.15) is 11.4 Å². The third kappa shape index (κ3) is 6.52. The van der Waals surface area contributed by atoms with Crippen molar-refractivity contribution in [1.29, 1.82) is 0 Å². The fourth-order valence-corrected chi connectivity index (χ4v) is 1.92. The molecule has 0 atom stereocenters. The Morgan fingerprint density at radius 1 is 0.926 bits per heavy atom. The normalized spacial score (nSPS) is 11.6. The Labute approximate surface area is 157 Å². The molecule has 0 bridgehead atoms. The lowest BCUT2D eigenvalue weighted by Crippen LogP contribution is -2.09. The second-order valence-electron chi connectivity index (χ2n) is 4.67.